The molecule has 134 valence electrons. The first-order valence-corrected chi connectivity index (χ1v) is 10.4. The normalized spacial score (nSPS) is 12.0. The number of hydrogen-bond donors (Lipinski definition) is 1. The third kappa shape index (κ3) is 3.60. The molecule has 3 aromatic rings. The number of carboxylic acid groups (broad SMARTS) is 1. The quantitative estimate of drug-likeness (QED) is 0.588. The molecule has 0 radical (unpaired) electrons. The summed E-state index contributed by atoms with van der Waals surface area (Å²) >= 11 is 0. The zero-order chi connectivity index (χ0) is 17.7. The maximum Gasteiger partial charge on any atom is 0.345 e. The molecule has 0 spiro atoms. The fourth-order valence-electron chi connectivity index (χ4n) is 3.59. The molecule has 26 heavy (non-hydrogen) atoms. The van der Waals surface area contributed by atoms with Gasteiger partial charge < -0.3 is 5.11 Å². The van der Waals surface area contributed by atoms with Crippen LogP contribution >= 0.6 is 24.2 Å². The van der Waals surface area contributed by atoms with E-state index in [1.165, 1.54) is 0 Å². The Bertz CT molecular complexity index is 726. The number of carbonyl (C=O) groups is 1. The van der Waals surface area contributed by atoms with Gasteiger partial charge in [0.2, 0.25) is 0 Å². The van der Waals surface area contributed by atoms with Crippen LogP contribution in [0.1, 0.15) is 13.3 Å². The first-order valence-electron chi connectivity index (χ1n) is 8.49. The third-order valence-electron chi connectivity index (χ3n) is 4.63. The first-order chi connectivity index (χ1) is 12.2. The molecule has 0 aromatic heterocycles. The molecule has 3 rings (SSSR count). The van der Waals surface area contributed by atoms with Gasteiger partial charge in [-0.15, -0.1) is 17.0 Å². The lowest BCUT2D eigenvalue weighted by atomic mass is 10.3. The molecule has 4 heteroatoms. The SMILES string of the molecule is Br.CCC(C(=O)O)[P+](c1ccccc1)(c1ccccc1)c1ccccc1. The van der Waals surface area contributed by atoms with Crippen LogP contribution in [0.2, 0.25) is 0 Å². The van der Waals surface area contributed by atoms with Crippen LogP contribution in [0.15, 0.2) is 91.0 Å². The summed E-state index contributed by atoms with van der Waals surface area (Å²) in [6, 6.07) is 30.5. The van der Waals surface area contributed by atoms with Gasteiger partial charge in [0.05, 0.1) is 0 Å². The molecular weight excluding hydrogens is 407 g/mol. The molecule has 0 fully saturated rings. The molecule has 0 aliphatic carbocycles. The Balaban J connectivity index is 0.00000243. The molecule has 0 amide bonds. The summed E-state index contributed by atoms with van der Waals surface area (Å²) in [6.45, 7) is 1.97. The van der Waals surface area contributed by atoms with Crippen molar-refractivity contribution in [1.82, 2.24) is 0 Å². The van der Waals surface area contributed by atoms with Gasteiger partial charge in [-0.2, -0.15) is 0 Å². The van der Waals surface area contributed by atoms with E-state index in [4.69, 9.17) is 0 Å². The second kappa shape index (κ2) is 9.12. The van der Waals surface area contributed by atoms with Crippen molar-refractivity contribution in [1.29, 1.82) is 0 Å². The molecule has 0 aliphatic heterocycles. The minimum Gasteiger partial charge on any atom is -0.478 e. The van der Waals surface area contributed by atoms with Gasteiger partial charge in [-0.25, -0.2) is 4.79 Å². The lowest BCUT2D eigenvalue weighted by Crippen LogP contribution is -2.42. The first kappa shape index (κ1) is 20.4. The summed E-state index contributed by atoms with van der Waals surface area (Å²) in [5.41, 5.74) is -0.459. The highest BCUT2D eigenvalue weighted by molar-refractivity contribution is 8.93. The third-order valence-corrected chi connectivity index (χ3v) is 9.49. The summed E-state index contributed by atoms with van der Waals surface area (Å²) in [4.78, 5) is 12.3. The second-order valence-corrected chi connectivity index (χ2v) is 9.61. The van der Waals surface area contributed by atoms with Crippen LogP contribution in [0.3, 0.4) is 0 Å². The van der Waals surface area contributed by atoms with Crippen LogP contribution in [0.25, 0.3) is 0 Å². The van der Waals surface area contributed by atoms with Crippen LogP contribution in [-0.2, 0) is 4.79 Å². The van der Waals surface area contributed by atoms with E-state index in [-0.39, 0.29) is 17.0 Å². The zero-order valence-corrected chi connectivity index (χ0v) is 17.3. The smallest absolute Gasteiger partial charge is 0.345 e. The molecule has 1 atom stereocenters. The van der Waals surface area contributed by atoms with Crippen molar-refractivity contribution in [2.75, 3.05) is 0 Å². The Morgan fingerprint density at radius 1 is 0.769 bits per heavy atom. The van der Waals surface area contributed by atoms with Crippen molar-refractivity contribution >= 4 is 46.1 Å². The van der Waals surface area contributed by atoms with Gasteiger partial charge in [-0.1, -0.05) is 61.5 Å². The highest BCUT2D eigenvalue weighted by atomic mass is 79.9. The molecule has 2 nitrogen and oxygen atoms in total. The summed E-state index contributed by atoms with van der Waals surface area (Å²) in [5.74, 6) is -0.729. The van der Waals surface area contributed by atoms with E-state index in [2.05, 4.69) is 36.4 Å². The van der Waals surface area contributed by atoms with Crippen molar-refractivity contribution in [2.24, 2.45) is 0 Å². The fourth-order valence-corrected chi connectivity index (χ4v) is 8.37. The Hall–Kier alpha value is -1.96. The molecule has 0 aliphatic rings. The summed E-state index contributed by atoms with van der Waals surface area (Å²) in [7, 11) is -2.32. The molecule has 3 aromatic carbocycles. The second-order valence-electron chi connectivity index (χ2n) is 5.99. The summed E-state index contributed by atoms with van der Waals surface area (Å²) in [5, 5.41) is 13.5. The highest BCUT2D eigenvalue weighted by Gasteiger charge is 2.54. The van der Waals surface area contributed by atoms with E-state index >= 15 is 0 Å². The average Bonchev–Trinajstić information content (AvgIpc) is 2.68. The molecule has 1 N–H and O–H groups in total. The Morgan fingerprint density at radius 3 is 1.31 bits per heavy atom. The lowest BCUT2D eigenvalue weighted by Gasteiger charge is -2.32. The lowest BCUT2D eigenvalue weighted by molar-refractivity contribution is -0.136. The van der Waals surface area contributed by atoms with Crippen molar-refractivity contribution < 1.29 is 9.90 Å². The average molecular weight is 430 g/mol. The number of aliphatic carboxylic acids is 1. The van der Waals surface area contributed by atoms with Gasteiger partial charge in [0.1, 0.15) is 23.2 Å². The molecular formula is C22H23BrO2P+. The van der Waals surface area contributed by atoms with Crippen LogP contribution in [0, 0.1) is 0 Å². The minimum atomic E-state index is -2.32. The van der Waals surface area contributed by atoms with Crippen molar-refractivity contribution in [3.63, 3.8) is 0 Å². The summed E-state index contributed by atoms with van der Waals surface area (Å²) in [6.07, 6.45) is 0.585. The number of carboxylic acids is 1. The van der Waals surface area contributed by atoms with Crippen LogP contribution < -0.4 is 15.9 Å². The Morgan fingerprint density at radius 2 is 1.08 bits per heavy atom. The molecule has 0 saturated carbocycles. The van der Waals surface area contributed by atoms with Crippen LogP contribution in [0.4, 0.5) is 0 Å². The van der Waals surface area contributed by atoms with Gasteiger partial charge in [0.25, 0.3) is 0 Å². The number of rotatable bonds is 6. The van der Waals surface area contributed by atoms with Gasteiger partial charge in [-0.3, -0.25) is 0 Å². The Kier molecular flexibility index (Phi) is 7.14. The van der Waals surface area contributed by atoms with Crippen molar-refractivity contribution in [3.05, 3.63) is 91.0 Å². The predicted molar refractivity (Wildman–Crippen MR) is 117 cm³/mol. The summed E-state index contributed by atoms with van der Waals surface area (Å²) < 4.78 is 0. The van der Waals surface area contributed by atoms with Crippen LogP contribution in [0.5, 0.6) is 0 Å². The van der Waals surface area contributed by atoms with E-state index < -0.39 is 18.9 Å². The molecule has 0 saturated heterocycles. The van der Waals surface area contributed by atoms with Gasteiger partial charge in [0, 0.05) is 0 Å². The Labute approximate surface area is 166 Å². The van der Waals surface area contributed by atoms with Crippen molar-refractivity contribution in [3.8, 4) is 0 Å². The van der Waals surface area contributed by atoms with Gasteiger partial charge in [0.15, 0.2) is 5.66 Å². The largest absolute Gasteiger partial charge is 0.478 e. The van der Waals surface area contributed by atoms with E-state index in [9.17, 15) is 9.90 Å². The van der Waals surface area contributed by atoms with E-state index in [0.717, 1.165) is 15.9 Å². The number of hydrogen-bond acceptors (Lipinski definition) is 1. The maximum atomic E-state index is 12.3. The molecule has 0 bridgehead atoms. The highest BCUT2D eigenvalue weighted by Crippen LogP contribution is 2.60. The number of halogens is 1. The molecule has 0 heterocycles. The van der Waals surface area contributed by atoms with Gasteiger partial charge in [-0.05, 0) is 42.8 Å². The van der Waals surface area contributed by atoms with Crippen LogP contribution in [-0.4, -0.2) is 16.7 Å². The zero-order valence-electron chi connectivity index (χ0n) is 14.7. The van der Waals surface area contributed by atoms with Crippen molar-refractivity contribution in [2.45, 2.75) is 19.0 Å². The minimum absolute atomic E-state index is 0. The fraction of sp³-hybridized carbons (Fsp3) is 0.136. The van der Waals surface area contributed by atoms with E-state index in [0.29, 0.717) is 6.42 Å². The standard InChI is InChI=1S/C22H21O2P.BrH/c1-2-21(22(23)24)25(18-12-6-3-7-13-18,19-14-8-4-9-15-19)20-16-10-5-11-17-20;/h3-17,21H,2H2,1H3;1H/p+1. The maximum absolute atomic E-state index is 12.3. The van der Waals surface area contributed by atoms with E-state index in [1.807, 2.05) is 61.5 Å². The van der Waals surface area contributed by atoms with Gasteiger partial charge >= 0.3 is 5.97 Å². The number of benzene rings is 3. The topological polar surface area (TPSA) is 37.3 Å². The monoisotopic (exact) mass is 429 g/mol. The predicted octanol–water partition coefficient (Wildman–Crippen LogP) is 4.42. The molecule has 1 unspecified atom stereocenters. The van der Waals surface area contributed by atoms with E-state index in [1.54, 1.807) is 0 Å².